The van der Waals surface area contributed by atoms with Gasteiger partial charge in [0, 0.05) is 11.5 Å². The first kappa shape index (κ1) is 11.1. The van der Waals surface area contributed by atoms with Crippen molar-refractivity contribution in [2.24, 2.45) is 5.73 Å². The summed E-state index contributed by atoms with van der Waals surface area (Å²) in [4.78, 5) is 10.9. The third kappa shape index (κ3) is 1.64. The number of aromatic nitrogens is 1. The van der Waals surface area contributed by atoms with E-state index in [1.165, 1.54) is 6.07 Å². The van der Waals surface area contributed by atoms with Crippen LogP contribution in [0, 0.1) is 0 Å². The minimum absolute atomic E-state index is 0. The van der Waals surface area contributed by atoms with Crippen molar-refractivity contribution in [2.45, 2.75) is 0 Å². The number of primary amides is 1. The van der Waals surface area contributed by atoms with E-state index >= 15 is 0 Å². The maximum absolute atomic E-state index is 10.9. The smallest absolute Gasteiger partial charge is 1.00 e. The average molecular weight is 200 g/mol. The Morgan fingerprint density at radius 1 is 1.43 bits per heavy atom. The Bertz CT molecular complexity index is 484. The SMILES string of the molecule is NC(=O)n1c(O)cc2ccccc21.[H-].[Na+]. The Morgan fingerprint density at radius 3 is 2.71 bits per heavy atom. The van der Waals surface area contributed by atoms with Crippen LogP contribution in [0.1, 0.15) is 1.43 Å². The maximum Gasteiger partial charge on any atom is 1.00 e. The van der Waals surface area contributed by atoms with E-state index in [2.05, 4.69) is 0 Å². The number of carbonyl (C=O) groups is 1. The van der Waals surface area contributed by atoms with Crippen LogP contribution in [-0.2, 0) is 0 Å². The Morgan fingerprint density at radius 2 is 2.07 bits per heavy atom. The Labute approximate surface area is 104 Å². The van der Waals surface area contributed by atoms with Crippen molar-refractivity contribution < 1.29 is 40.9 Å². The van der Waals surface area contributed by atoms with Crippen molar-refractivity contribution in [3.63, 3.8) is 0 Å². The van der Waals surface area contributed by atoms with Crippen molar-refractivity contribution in [1.29, 1.82) is 0 Å². The molecule has 0 spiro atoms. The number of amides is 1. The van der Waals surface area contributed by atoms with Crippen LogP contribution in [0.5, 0.6) is 5.88 Å². The van der Waals surface area contributed by atoms with Crippen LogP contribution in [0.15, 0.2) is 30.3 Å². The fourth-order valence-electron chi connectivity index (χ4n) is 1.37. The molecule has 0 bridgehead atoms. The van der Waals surface area contributed by atoms with Gasteiger partial charge in [0.25, 0.3) is 0 Å². The number of nitrogens with zero attached hydrogens (tertiary/aromatic N) is 1. The predicted octanol–water partition coefficient (Wildman–Crippen LogP) is -1.61. The topological polar surface area (TPSA) is 68.2 Å². The second-order valence-electron chi connectivity index (χ2n) is 2.74. The minimum atomic E-state index is -0.682. The molecule has 0 saturated carbocycles. The predicted molar refractivity (Wildman–Crippen MR) is 49.7 cm³/mol. The van der Waals surface area contributed by atoms with Crippen LogP contribution in [0.25, 0.3) is 10.9 Å². The van der Waals surface area contributed by atoms with Crippen LogP contribution in [0.4, 0.5) is 4.79 Å². The van der Waals surface area contributed by atoms with Crippen LogP contribution in [0.2, 0.25) is 0 Å². The number of hydrogen-bond acceptors (Lipinski definition) is 2. The van der Waals surface area contributed by atoms with Gasteiger partial charge in [0.05, 0.1) is 5.52 Å². The zero-order valence-electron chi connectivity index (χ0n) is 8.77. The molecular weight excluding hydrogens is 191 g/mol. The van der Waals surface area contributed by atoms with Gasteiger partial charge < -0.3 is 12.3 Å². The second kappa shape index (κ2) is 4.04. The molecule has 3 N–H and O–H groups in total. The molecular formula is C9H9N2NaO2. The largest absolute Gasteiger partial charge is 1.00 e. The molecule has 4 nitrogen and oxygen atoms in total. The molecule has 0 atom stereocenters. The summed E-state index contributed by atoms with van der Waals surface area (Å²) in [5.41, 5.74) is 5.71. The fourth-order valence-corrected chi connectivity index (χ4v) is 1.37. The van der Waals surface area contributed by atoms with Crippen molar-refractivity contribution in [3.05, 3.63) is 30.3 Å². The molecule has 1 aromatic carbocycles. The Hall–Kier alpha value is -0.970. The summed E-state index contributed by atoms with van der Waals surface area (Å²) in [5, 5.41) is 10.2. The van der Waals surface area contributed by atoms with Crippen LogP contribution in [0.3, 0.4) is 0 Å². The summed E-state index contributed by atoms with van der Waals surface area (Å²) in [6.45, 7) is 0. The number of carbonyl (C=O) groups excluding carboxylic acids is 1. The van der Waals surface area contributed by atoms with E-state index in [1.807, 2.05) is 6.07 Å². The summed E-state index contributed by atoms with van der Waals surface area (Å²) in [5.74, 6) is -0.131. The number of rotatable bonds is 0. The third-order valence-electron chi connectivity index (χ3n) is 1.91. The van der Waals surface area contributed by atoms with Gasteiger partial charge in [0.15, 0.2) is 5.88 Å². The van der Waals surface area contributed by atoms with Gasteiger partial charge >= 0.3 is 35.6 Å². The first-order valence-corrected chi connectivity index (χ1v) is 3.79. The van der Waals surface area contributed by atoms with Gasteiger partial charge in [-0.25, -0.2) is 9.36 Å². The number of fused-ring (bicyclic) bond motifs is 1. The normalized spacial score (nSPS) is 9.71. The summed E-state index contributed by atoms with van der Waals surface area (Å²) in [6.07, 6.45) is 0. The van der Waals surface area contributed by atoms with Gasteiger partial charge in [-0.2, -0.15) is 0 Å². The van der Waals surface area contributed by atoms with Crippen molar-refractivity contribution >= 4 is 16.9 Å². The van der Waals surface area contributed by atoms with Crippen molar-refractivity contribution in [1.82, 2.24) is 4.57 Å². The third-order valence-corrected chi connectivity index (χ3v) is 1.91. The quantitative estimate of drug-likeness (QED) is 0.502. The summed E-state index contributed by atoms with van der Waals surface area (Å²) >= 11 is 0. The number of nitrogens with two attached hydrogens (primary N) is 1. The number of hydrogen-bond donors (Lipinski definition) is 2. The summed E-state index contributed by atoms with van der Waals surface area (Å²) in [7, 11) is 0. The molecule has 1 heterocycles. The molecule has 0 unspecified atom stereocenters. The molecule has 0 radical (unpaired) electrons. The van der Waals surface area contributed by atoms with E-state index in [4.69, 9.17) is 5.73 Å². The monoisotopic (exact) mass is 200 g/mol. The standard InChI is InChI=1S/C9H8N2O2.Na.H/c10-9(13)11-7-4-2-1-3-6(7)5-8(11)12;;/h1-5,12H,(H2,10,13);;/q;+1;-1. The van der Waals surface area contributed by atoms with E-state index in [-0.39, 0.29) is 36.9 Å². The van der Waals surface area contributed by atoms with Gasteiger partial charge in [-0.05, 0) is 6.07 Å². The van der Waals surface area contributed by atoms with E-state index in [0.717, 1.165) is 9.95 Å². The number of benzene rings is 1. The average Bonchev–Trinajstić information content (AvgIpc) is 2.39. The molecule has 0 saturated heterocycles. The van der Waals surface area contributed by atoms with Gasteiger partial charge in [0.1, 0.15) is 0 Å². The molecule has 0 aliphatic heterocycles. The van der Waals surface area contributed by atoms with Crippen LogP contribution < -0.4 is 35.3 Å². The first-order valence-electron chi connectivity index (χ1n) is 3.79. The molecule has 2 aromatic rings. The van der Waals surface area contributed by atoms with E-state index in [1.54, 1.807) is 18.2 Å². The fraction of sp³-hybridized carbons (Fsp3) is 0. The molecule has 2 rings (SSSR count). The van der Waals surface area contributed by atoms with Gasteiger partial charge in [0.2, 0.25) is 0 Å². The Balaban J connectivity index is 0.000000980. The zero-order chi connectivity index (χ0) is 9.42. The van der Waals surface area contributed by atoms with E-state index in [0.29, 0.717) is 5.52 Å². The van der Waals surface area contributed by atoms with Gasteiger partial charge in [-0.3, -0.25) is 0 Å². The molecule has 0 aliphatic rings. The van der Waals surface area contributed by atoms with E-state index < -0.39 is 6.03 Å². The zero-order valence-corrected chi connectivity index (χ0v) is 9.77. The molecule has 1 amide bonds. The van der Waals surface area contributed by atoms with Crippen LogP contribution in [-0.4, -0.2) is 15.7 Å². The van der Waals surface area contributed by atoms with Crippen molar-refractivity contribution in [2.75, 3.05) is 0 Å². The van der Waals surface area contributed by atoms with Crippen LogP contribution >= 0.6 is 0 Å². The molecule has 14 heavy (non-hydrogen) atoms. The summed E-state index contributed by atoms with van der Waals surface area (Å²) < 4.78 is 1.06. The molecule has 5 heteroatoms. The molecule has 0 aliphatic carbocycles. The summed E-state index contributed by atoms with van der Waals surface area (Å²) in [6, 6.07) is 7.95. The minimum Gasteiger partial charge on any atom is -1.00 e. The molecule has 0 fully saturated rings. The Kier molecular flexibility index (Phi) is 3.21. The number of aromatic hydroxyl groups is 1. The van der Waals surface area contributed by atoms with Gasteiger partial charge in [-0.1, -0.05) is 18.2 Å². The van der Waals surface area contributed by atoms with Crippen molar-refractivity contribution in [3.8, 4) is 5.88 Å². The first-order chi connectivity index (χ1) is 6.20. The second-order valence-corrected chi connectivity index (χ2v) is 2.74. The van der Waals surface area contributed by atoms with Gasteiger partial charge in [-0.15, -0.1) is 0 Å². The molecule has 1 aromatic heterocycles. The van der Waals surface area contributed by atoms with E-state index in [9.17, 15) is 9.90 Å². The number of para-hydroxylation sites is 1. The maximum atomic E-state index is 10.9. The molecule has 68 valence electrons.